The molecule has 0 aromatic carbocycles. The molecule has 0 unspecified atom stereocenters. The van der Waals surface area contributed by atoms with E-state index in [-0.39, 0.29) is 57.9 Å². The number of carbonyl (C=O) groups is 3. The number of aliphatic hydroxyl groups excluding tert-OH is 2. The molecule has 0 heterocycles. The first-order chi connectivity index (χ1) is 18.8. The molecule has 0 atom stereocenters. The molecule has 230 valence electrons. The van der Waals surface area contributed by atoms with E-state index in [1.54, 1.807) is 9.80 Å². The highest BCUT2D eigenvalue weighted by Crippen LogP contribution is 2.00. The Bertz CT molecular complexity index is 612. The highest BCUT2D eigenvalue weighted by Gasteiger charge is 2.19. The lowest BCUT2D eigenvalue weighted by Gasteiger charge is -2.30. The maximum atomic E-state index is 12.8. The van der Waals surface area contributed by atoms with Crippen molar-refractivity contribution in [2.24, 2.45) is 0 Å². The predicted octanol–water partition coefficient (Wildman–Crippen LogP) is -1.27. The first-order valence-corrected chi connectivity index (χ1v) is 14.1. The van der Waals surface area contributed by atoms with Crippen LogP contribution >= 0.6 is 0 Å². The molecule has 0 aliphatic heterocycles. The molecule has 0 saturated heterocycles. The summed E-state index contributed by atoms with van der Waals surface area (Å²) in [6.45, 7) is 14.5. The fourth-order valence-corrected chi connectivity index (χ4v) is 3.91. The smallest absolute Gasteiger partial charge is 0.317 e. The Morgan fingerprint density at radius 3 is 1.23 bits per heavy atom. The number of nitrogens with zero attached hydrogens (tertiary/aromatic N) is 5. The summed E-state index contributed by atoms with van der Waals surface area (Å²) in [6.07, 6.45) is 0. The fraction of sp³-hybridized carbons (Fsp3) is 0.885. The average Bonchev–Trinajstić information content (AvgIpc) is 2.92. The molecule has 0 radical (unpaired) electrons. The summed E-state index contributed by atoms with van der Waals surface area (Å²) in [5.41, 5.74) is 0. The summed E-state index contributed by atoms with van der Waals surface area (Å²) < 4.78 is 10.6. The minimum Gasteiger partial charge on any atom is -0.480 e. The summed E-state index contributed by atoms with van der Waals surface area (Å²) in [5, 5.41) is 27.1. The largest absolute Gasteiger partial charge is 0.480 e. The van der Waals surface area contributed by atoms with Gasteiger partial charge in [0, 0.05) is 52.4 Å². The molecule has 13 nitrogen and oxygen atoms in total. The van der Waals surface area contributed by atoms with E-state index in [9.17, 15) is 19.5 Å². The first-order valence-electron chi connectivity index (χ1n) is 14.1. The molecule has 0 rings (SSSR count). The third-order valence-corrected chi connectivity index (χ3v) is 6.39. The number of aliphatic hydroxyl groups is 2. The van der Waals surface area contributed by atoms with Gasteiger partial charge in [0.2, 0.25) is 11.8 Å². The SMILES string of the molecule is CCN(CCN(CCN(CC)CC(=O)N(CC)CCOCCO)CC(=O)O)CC(=O)N(CC)CCOCCO. The summed E-state index contributed by atoms with van der Waals surface area (Å²) >= 11 is 0. The first kappa shape index (κ1) is 37.1. The van der Waals surface area contributed by atoms with Crippen LogP contribution < -0.4 is 0 Å². The van der Waals surface area contributed by atoms with Crippen molar-refractivity contribution in [3.8, 4) is 0 Å². The van der Waals surface area contributed by atoms with Crippen molar-refractivity contribution in [1.29, 1.82) is 0 Å². The summed E-state index contributed by atoms with van der Waals surface area (Å²) in [6, 6.07) is 0. The second-order valence-corrected chi connectivity index (χ2v) is 9.03. The highest BCUT2D eigenvalue weighted by molar-refractivity contribution is 5.78. The van der Waals surface area contributed by atoms with Crippen molar-refractivity contribution < 1.29 is 39.2 Å². The van der Waals surface area contributed by atoms with Gasteiger partial charge >= 0.3 is 5.97 Å². The Kier molecular flexibility index (Phi) is 22.8. The van der Waals surface area contributed by atoms with Crippen LogP contribution in [0.2, 0.25) is 0 Å². The van der Waals surface area contributed by atoms with Gasteiger partial charge in [-0.3, -0.25) is 29.1 Å². The second kappa shape index (κ2) is 24.0. The van der Waals surface area contributed by atoms with Crippen LogP contribution in [-0.4, -0.2) is 182 Å². The summed E-state index contributed by atoms with van der Waals surface area (Å²) in [4.78, 5) is 46.3. The molecular weight excluding hydrogens is 510 g/mol. The molecule has 3 N–H and O–H groups in total. The number of hydrogen-bond donors (Lipinski definition) is 3. The molecule has 39 heavy (non-hydrogen) atoms. The van der Waals surface area contributed by atoms with Gasteiger partial charge in [0.1, 0.15) is 0 Å². The van der Waals surface area contributed by atoms with Crippen LogP contribution in [0, 0.1) is 0 Å². The molecule has 0 spiro atoms. The predicted molar refractivity (Wildman–Crippen MR) is 149 cm³/mol. The molecule has 0 fully saturated rings. The maximum Gasteiger partial charge on any atom is 0.317 e. The molecule has 0 aliphatic carbocycles. The minimum atomic E-state index is -0.923. The molecule has 13 heteroatoms. The number of hydrogen-bond acceptors (Lipinski definition) is 10. The van der Waals surface area contributed by atoms with E-state index in [1.807, 2.05) is 42.4 Å². The summed E-state index contributed by atoms with van der Waals surface area (Å²) in [7, 11) is 0. The third kappa shape index (κ3) is 18.2. The van der Waals surface area contributed by atoms with Crippen LogP contribution in [-0.2, 0) is 23.9 Å². The Morgan fingerprint density at radius 1 is 0.538 bits per heavy atom. The highest BCUT2D eigenvalue weighted by atomic mass is 16.5. The van der Waals surface area contributed by atoms with Crippen LogP contribution in [0.4, 0.5) is 0 Å². The van der Waals surface area contributed by atoms with E-state index in [0.29, 0.717) is 78.7 Å². The van der Waals surface area contributed by atoms with Crippen LogP contribution in [0.15, 0.2) is 0 Å². The van der Waals surface area contributed by atoms with Gasteiger partial charge in [-0.05, 0) is 26.9 Å². The van der Waals surface area contributed by atoms with Crippen molar-refractivity contribution in [2.75, 3.05) is 125 Å². The van der Waals surface area contributed by atoms with Crippen molar-refractivity contribution in [2.45, 2.75) is 27.7 Å². The Hall–Kier alpha value is -1.87. The zero-order valence-corrected chi connectivity index (χ0v) is 24.6. The Labute approximate surface area is 234 Å². The number of rotatable bonds is 26. The maximum absolute atomic E-state index is 12.8. The lowest BCUT2D eigenvalue weighted by Crippen LogP contribution is -2.47. The van der Waals surface area contributed by atoms with Gasteiger partial charge in [0.25, 0.3) is 0 Å². The number of carbonyl (C=O) groups excluding carboxylic acids is 2. The molecule has 2 amide bonds. The molecule has 0 aromatic rings. The van der Waals surface area contributed by atoms with Gasteiger partial charge in [0.05, 0.1) is 59.3 Å². The van der Waals surface area contributed by atoms with E-state index < -0.39 is 5.97 Å². The topological polar surface area (TPSA) is 147 Å². The lowest BCUT2D eigenvalue weighted by molar-refractivity contribution is -0.139. The number of carboxylic acid groups (broad SMARTS) is 1. The number of likely N-dealkylation sites (N-methyl/N-ethyl adjacent to an activating group) is 4. The molecule has 0 saturated carbocycles. The normalized spacial score (nSPS) is 11.5. The van der Waals surface area contributed by atoms with Gasteiger partial charge in [-0.2, -0.15) is 0 Å². The zero-order valence-electron chi connectivity index (χ0n) is 24.6. The van der Waals surface area contributed by atoms with Gasteiger partial charge in [0.15, 0.2) is 0 Å². The number of amides is 2. The quantitative estimate of drug-likeness (QED) is 0.108. The van der Waals surface area contributed by atoms with Crippen molar-refractivity contribution >= 4 is 17.8 Å². The number of ether oxygens (including phenoxy) is 2. The van der Waals surface area contributed by atoms with Gasteiger partial charge in [-0.25, -0.2) is 0 Å². The van der Waals surface area contributed by atoms with Crippen LogP contribution in [0.5, 0.6) is 0 Å². The standard InChI is InChI=1S/C26H53N5O8/c1-5-27(21-24(34)30(7-3)13-17-38-19-15-32)9-11-29(23-26(36)37)12-10-28(6-2)22-25(35)31(8-4)14-18-39-20-16-33/h32-33H,5-23H2,1-4H3,(H,36,37). The van der Waals surface area contributed by atoms with Crippen LogP contribution in [0.3, 0.4) is 0 Å². The van der Waals surface area contributed by atoms with E-state index in [1.165, 1.54) is 0 Å². The number of aliphatic carboxylic acids is 1. The average molecular weight is 564 g/mol. The molecule has 0 aliphatic rings. The van der Waals surface area contributed by atoms with Gasteiger partial charge < -0.3 is 34.6 Å². The lowest BCUT2D eigenvalue weighted by atomic mass is 10.3. The molecular formula is C26H53N5O8. The monoisotopic (exact) mass is 563 g/mol. The minimum absolute atomic E-state index is 0.0188. The van der Waals surface area contributed by atoms with Crippen molar-refractivity contribution in [3.05, 3.63) is 0 Å². The van der Waals surface area contributed by atoms with Crippen LogP contribution in [0.1, 0.15) is 27.7 Å². The Balaban J connectivity index is 4.86. The third-order valence-electron chi connectivity index (χ3n) is 6.39. The molecule has 0 aromatic heterocycles. The number of carboxylic acids is 1. The van der Waals surface area contributed by atoms with E-state index in [4.69, 9.17) is 19.7 Å². The second-order valence-electron chi connectivity index (χ2n) is 9.03. The van der Waals surface area contributed by atoms with E-state index in [2.05, 4.69) is 0 Å². The molecule has 0 bridgehead atoms. The van der Waals surface area contributed by atoms with E-state index >= 15 is 0 Å². The van der Waals surface area contributed by atoms with Gasteiger partial charge in [-0.1, -0.05) is 13.8 Å². The van der Waals surface area contributed by atoms with E-state index in [0.717, 1.165) is 0 Å². The van der Waals surface area contributed by atoms with Crippen molar-refractivity contribution in [3.63, 3.8) is 0 Å². The summed E-state index contributed by atoms with van der Waals surface area (Å²) in [5.74, 6) is -0.961. The Morgan fingerprint density at radius 2 is 0.923 bits per heavy atom. The van der Waals surface area contributed by atoms with Gasteiger partial charge in [-0.15, -0.1) is 0 Å². The van der Waals surface area contributed by atoms with Crippen LogP contribution in [0.25, 0.3) is 0 Å². The fourth-order valence-electron chi connectivity index (χ4n) is 3.91. The van der Waals surface area contributed by atoms with Crippen molar-refractivity contribution in [1.82, 2.24) is 24.5 Å². The zero-order chi connectivity index (χ0) is 29.5.